The van der Waals surface area contributed by atoms with Crippen LogP contribution in [0.3, 0.4) is 0 Å². The van der Waals surface area contributed by atoms with Gasteiger partial charge in [-0.15, -0.1) is 0 Å². The monoisotopic (exact) mass is 322 g/mol. The van der Waals surface area contributed by atoms with Crippen molar-refractivity contribution in [1.82, 2.24) is 14.7 Å². The highest BCUT2D eigenvalue weighted by atomic mass is 16.2. The molecule has 1 amide bonds. The second-order valence-corrected chi connectivity index (χ2v) is 6.16. The van der Waals surface area contributed by atoms with Gasteiger partial charge in [-0.2, -0.15) is 5.10 Å². The second kappa shape index (κ2) is 6.84. The van der Waals surface area contributed by atoms with E-state index < -0.39 is 0 Å². The number of fused-ring (bicyclic) bond motifs is 1. The first kappa shape index (κ1) is 16.2. The summed E-state index contributed by atoms with van der Waals surface area (Å²) in [5.41, 5.74) is 1.50. The van der Waals surface area contributed by atoms with Gasteiger partial charge in [0.1, 0.15) is 0 Å². The smallest absolute Gasteiger partial charge is 0.261 e. The summed E-state index contributed by atoms with van der Waals surface area (Å²) in [5, 5.41) is 6.48. The predicted octanol–water partition coefficient (Wildman–Crippen LogP) is 2.87. The number of benzene rings is 2. The van der Waals surface area contributed by atoms with Gasteiger partial charge in [0.2, 0.25) is 0 Å². The summed E-state index contributed by atoms with van der Waals surface area (Å²) in [5.74, 6) is -0.0533. The maximum atomic E-state index is 12.8. The number of rotatable bonds is 5. The molecule has 0 atom stereocenters. The molecule has 124 valence electrons. The molecule has 0 N–H and O–H groups in total. The van der Waals surface area contributed by atoms with Crippen LogP contribution in [0, 0.1) is 0 Å². The fourth-order valence-corrected chi connectivity index (χ4v) is 2.70. The molecule has 0 aliphatic rings. The number of carbonyl (C=O) groups excluding carboxylic acids is 1. The van der Waals surface area contributed by atoms with Crippen molar-refractivity contribution in [2.75, 3.05) is 32.6 Å². The van der Waals surface area contributed by atoms with E-state index in [2.05, 4.69) is 22.1 Å². The van der Waals surface area contributed by atoms with Crippen LogP contribution in [0.4, 0.5) is 5.69 Å². The molecule has 1 aromatic heterocycles. The largest absolute Gasteiger partial charge is 0.311 e. The van der Waals surface area contributed by atoms with E-state index >= 15 is 0 Å². The van der Waals surface area contributed by atoms with E-state index in [0.29, 0.717) is 5.56 Å². The fraction of sp³-hybridized carbons (Fsp3) is 0.263. The molecule has 0 bridgehead atoms. The van der Waals surface area contributed by atoms with Gasteiger partial charge in [-0.3, -0.25) is 9.48 Å². The van der Waals surface area contributed by atoms with Crippen molar-refractivity contribution in [1.29, 1.82) is 0 Å². The molecule has 0 fully saturated rings. The lowest BCUT2D eigenvalue weighted by Gasteiger charge is -2.18. The Bertz CT molecular complexity index is 848. The minimum Gasteiger partial charge on any atom is -0.311 e. The Balaban J connectivity index is 1.84. The average molecular weight is 322 g/mol. The SMILES string of the molecule is CN(C)CCn1cc(C(=O)N(C)c2cccc3ccccc23)cn1. The highest BCUT2D eigenvalue weighted by Crippen LogP contribution is 2.26. The van der Waals surface area contributed by atoms with Crippen molar-refractivity contribution in [3.8, 4) is 0 Å². The third-order valence-electron chi connectivity index (χ3n) is 4.09. The molecule has 0 saturated carbocycles. The van der Waals surface area contributed by atoms with Gasteiger partial charge in [0.15, 0.2) is 0 Å². The summed E-state index contributed by atoms with van der Waals surface area (Å²) in [6, 6.07) is 14.1. The number of likely N-dealkylation sites (N-methyl/N-ethyl adjacent to an activating group) is 1. The second-order valence-electron chi connectivity index (χ2n) is 6.16. The lowest BCUT2D eigenvalue weighted by atomic mass is 10.1. The Hall–Kier alpha value is -2.66. The minimum absolute atomic E-state index is 0.0533. The molecule has 0 aliphatic carbocycles. The molecule has 24 heavy (non-hydrogen) atoms. The van der Waals surface area contributed by atoms with Crippen LogP contribution in [0.2, 0.25) is 0 Å². The van der Waals surface area contributed by atoms with E-state index in [-0.39, 0.29) is 5.91 Å². The quantitative estimate of drug-likeness (QED) is 0.725. The molecule has 2 aromatic carbocycles. The van der Waals surface area contributed by atoms with Crippen molar-refractivity contribution in [3.05, 3.63) is 60.4 Å². The number of carbonyl (C=O) groups is 1. The highest BCUT2D eigenvalue weighted by molar-refractivity contribution is 6.10. The summed E-state index contributed by atoms with van der Waals surface area (Å²) in [4.78, 5) is 16.6. The number of hydrogen-bond acceptors (Lipinski definition) is 3. The summed E-state index contributed by atoms with van der Waals surface area (Å²) < 4.78 is 1.81. The first-order valence-corrected chi connectivity index (χ1v) is 7.99. The van der Waals surface area contributed by atoms with Crippen LogP contribution >= 0.6 is 0 Å². The van der Waals surface area contributed by atoms with Gasteiger partial charge >= 0.3 is 0 Å². The normalized spacial score (nSPS) is 11.2. The lowest BCUT2D eigenvalue weighted by molar-refractivity contribution is 0.0993. The third kappa shape index (κ3) is 3.31. The van der Waals surface area contributed by atoms with Crippen LogP contribution in [0.25, 0.3) is 10.8 Å². The maximum absolute atomic E-state index is 12.8. The molecule has 0 aliphatic heterocycles. The maximum Gasteiger partial charge on any atom is 0.261 e. The van der Waals surface area contributed by atoms with Crippen LogP contribution in [0.15, 0.2) is 54.9 Å². The minimum atomic E-state index is -0.0533. The van der Waals surface area contributed by atoms with E-state index in [9.17, 15) is 4.79 Å². The molecule has 1 heterocycles. The Labute approximate surface area is 142 Å². The van der Waals surface area contributed by atoms with Gasteiger partial charge in [0.05, 0.1) is 24.0 Å². The first-order valence-electron chi connectivity index (χ1n) is 7.99. The van der Waals surface area contributed by atoms with Gasteiger partial charge in [0.25, 0.3) is 5.91 Å². The average Bonchev–Trinajstić information content (AvgIpc) is 3.07. The number of amides is 1. The highest BCUT2D eigenvalue weighted by Gasteiger charge is 2.17. The van der Waals surface area contributed by atoms with E-state index in [4.69, 9.17) is 0 Å². The zero-order valence-electron chi connectivity index (χ0n) is 14.3. The molecule has 0 radical (unpaired) electrons. The van der Waals surface area contributed by atoms with Gasteiger partial charge in [-0.1, -0.05) is 36.4 Å². The van der Waals surface area contributed by atoms with Gasteiger partial charge in [-0.25, -0.2) is 0 Å². The van der Waals surface area contributed by atoms with Crippen molar-refractivity contribution >= 4 is 22.4 Å². The Morgan fingerprint density at radius 3 is 2.62 bits per heavy atom. The lowest BCUT2D eigenvalue weighted by Crippen LogP contribution is -2.26. The zero-order chi connectivity index (χ0) is 17.1. The van der Waals surface area contributed by atoms with Crippen molar-refractivity contribution < 1.29 is 4.79 Å². The molecule has 0 saturated heterocycles. The van der Waals surface area contributed by atoms with Crippen molar-refractivity contribution in [2.24, 2.45) is 0 Å². The molecule has 5 nitrogen and oxygen atoms in total. The predicted molar refractivity (Wildman–Crippen MR) is 97.5 cm³/mol. The van der Waals surface area contributed by atoms with Gasteiger partial charge in [0, 0.05) is 25.2 Å². The van der Waals surface area contributed by atoms with Gasteiger partial charge < -0.3 is 9.80 Å². The van der Waals surface area contributed by atoms with Gasteiger partial charge in [-0.05, 0) is 25.5 Å². The summed E-state index contributed by atoms with van der Waals surface area (Å²) >= 11 is 0. The Morgan fingerprint density at radius 2 is 1.83 bits per heavy atom. The molecule has 0 unspecified atom stereocenters. The van der Waals surface area contributed by atoms with Crippen LogP contribution in [-0.2, 0) is 6.54 Å². The standard InChI is InChI=1S/C19H22N4O/c1-21(2)11-12-23-14-16(13-20-23)19(24)22(3)18-10-6-8-15-7-4-5-9-17(15)18/h4-10,13-14H,11-12H2,1-3H3. The topological polar surface area (TPSA) is 41.4 Å². The third-order valence-corrected chi connectivity index (χ3v) is 4.09. The fourth-order valence-electron chi connectivity index (χ4n) is 2.70. The number of aromatic nitrogens is 2. The molecule has 0 spiro atoms. The molecule has 5 heteroatoms. The summed E-state index contributed by atoms with van der Waals surface area (Å²) in [6.07, 6.45) is 3.45. The van der Waals surface area contributed by atoms with E-state index in [1.54, 1.807) is 18.1 Å². The number of nitrogens with zero attached hydrogens (tertiary/aromatic N) is 4. The van der Waals surface area contributed by atoms with E-state index in [0.717, 1.165) is 29.5 Å². The Kier molecular flexibility index (Phi) is 4.62. The van der Waals surface area contributed by atoms with Crippen molar-refractivity contribution in [3.63, 3.8) is 0 Å². The number of anilines is 1. The molecular weight excluding hydrogens is 300 g/mol. The number of hydrogen-bond donors (Lipinski definition) is 0. The first-order chi connectivity index (χ1) is 11.6. The molecular formula is C19H22N4O. The zero-order valence-corrected chi connectivity index (χ0v) is 14.3. The summed E-state index contributed by atoms with van der Waals surface area (Å²) in [7, 11) is 5.84. The molecule has 3 rings (SSSR count). The molecule has 3 aromatic rings. The summed E-state index contributed by atoms with van der Waals surface area (Å²) in [6.45, 7) is 1.65. The van der Waals surface area contributed by atoms with E-state index in [1.807, 2.05) is 55.3 Å². The van der Waals surface area contributed by atoms with E-state index in [1.165, 1.54) is 0 Å². The van der Waals surface area contributed by atoms with Crippen LogP contribution in [0.5, 0.6) is 0 Å². The Morgan fingerprint density at radius 1 is 1.08 bits per heavy atom. The van der Waals surface area contributed by atoms with Crippen molar-refractivity contribution in [2.45, 2.75) is 6.54 Å². The van der Waals surface area contributed by atoms with Crippen LogP contribution in [-0.4, -0.2) is 48.3 Å². The van der Waals surface area contributed by atoms with Crippen LogP contribution < -0.4 is 4.90 Å². The van der Waals surface area contributed by atoms with Crippen LogP contribution in [0.1, 0.15) is 10.4 Å².